The summed E-state index contributed by atoms with van der Waals surface area (Å²) in [6, 6.07) is 12.1. The molecule has 2 rings (SSSR count). The van der Waals surface area contributed by atoms with Crippen LogP contribution in [0.5, 0.6) is 0 Å². The fourth-order valence-electron chi connectivity index (χ4n) is 2.04. The fourth-order valence-corrected chi connectivity index (χ4v) is 2.04. The Hall–Kier alpha value is -1.67. The summed E-state index contributed by atoms with van der Waals surface area (Å²) in [5.41, 5.74) is 4.69. The average molecular weight is 241 g/mol. The number of aliphatic hydroxyl groups is 1. The minimum absolute atomic E-state index is 0.373. The van der Waals surface area contributed by atoms with Gasteiger partial charge in [-0.1, -0.05) is 24.3 Å². The molecule has 0 fully saturated rings. The quantitative estimate of drug-likeness (QED) is 0.893. The topological polar surface area (TPSA) is 33.1 Å². The van der Waals surface area contributed by atoms with Crippen LogP contribution in [-0.2, 0) is 12.8 Å². The molecule has 0 aliphatic heterocycles. The number of hydrogen-bond donors (Lipinski definition) is 1. The van der Waals surface area contributed by atoms with Crippen molar-refractivity contribution in [1.82, 2.24) is 4.98 Å². The van der Waals surface area contributed by atoms with E-state index in [0.29, 0.717) is 12.8 Å². The molecule has 0 saturated carbocycles. The fraction of sp³-hybridized carbons (Fsp3) is 0.312. The van der Waals surface area contributed by atoms with E-state index in [-0.39, 0.29) is 6.10 Å². The molecule has 0 spiro atoms. The molecule has 94 valence electrons. The van der Waals surface area contributed by atoms with E-state index in [1.165, 1.54) is 16.7 Å². The monoisotopic (exact) mass is 241 g/mol. The number of aromatic nitrogens is 1. The van der Waals surface area contributed by atoms with Gasteiger partial charge >= 0.3 is 0 Å². The normalized spacial score (nSPS) is 12.4. The van der Waals surface area contributed by atoms with Gasteiger partial charge in [-0.3, -0.25) is 4.98 Å². The van der Waals surface area contributed by atoms with Gasteiger partial charge in [-0.15, -0.1) is 0 Å². The number of benzene rings is 1. The minimum Gasteiger partial charge on any atom is -0.392 e. The summed E-state index contributed by atoms with van der Waals surface area (Å²) < 4.78 is 0. The molecule has 2 aromatic rings. The molecule has 0 saturated heterocycles. The van der Waals surface area contributed by atoms with Gasteiger partial charge in [-0.2, -0.15) is 0 Å². The maximum absolute atomic E-state index is 10.1. The molecule has 1 heterocycles. The van der Waals surface area contributed by atoms with Crippen molar-refractivity contribution in [1.29, 1.82) is 0 Å². The van der Waals surface area contributed by atoms with Gasteiger partial charge in [0.1, 0.15) is 0 Å². The van der Waals surface area contributed by atoms with E-state index < -0.39 is 0 Å². The zero-order chi connectivity index (χ0) is 13.0. The second-order valence-electron chi connectivity index (χ2n) is 4.80. The number of aliphatic hydroxyl groups excluding tert-OH is 1. The van der Waals surface area contributed by atoms with Crippen LogP contribution >= 0.6 is 0 Å². The first-order valence-electron chi connectivity index (χ1n) is 6.29. The predicted molar refractivity (Wildman–Crippen MR) is 73.6 cm³/mol. The summed E-state index contributed by atoms with van der Waals surface area (Å²) in [6.07, 6.45) is 2.67. The zero-order valence-electron chi connectivity index (χ0n) is 10.9. The van der Waals surface area contributed by atoms with Gasteiger partial charge in [0.25, 0.3) is 0 Å². The van der Waals surface area contributed by atoms with Crippen LogP contribution in [0.2, 0.25) is 0 Å². The molecule has 0 aliphatic rings. The van der Waals surface area contributed by atoms with Crippen LogP contribution in [-0.4, -0.2) is 16.2 Å². The van der Waals surface area contributed by atoms with Gasteiger partial charge < -0.3 is 5.11 Å². The molecule has 18 heavy (non-hydrogen) atoms. The van der Waals surface area contributed by atoms with E-state index in [1.807, 2.05) is 18.2 Å². The van der Waals surface area contributed by atoms with Crippen LogP contribution in [0.15, 0.2) is 42.6 Å². The highest BCUT2D eigenvalue weighted by Gasteiger charge is 2.08. The molecule has 2 nitrogen and oxygen atoms in total. The molecule has 1 aromatic carbocycles. The van der Waals surface area contributed by atoms with E-state index in [1.54, 1.807) is 6.20 Å². The van der Waals surface area contributed by atoms with Crippen LogP contribution in [0.1, 0.15) is 22.4 Å². The number of pyridine rings is 1. The smallest absolute Gasteiger partial charge is 0.0635 e. The Bertz CT molecular complexity index is 508. The van der Waals surface area contributed by atoms with E-state index in [9.17, 15) is 5.11 Å². The molecule has 1 N–H and O–H groups in total. The van der Waals surface area contributed by atoms with Crippen molar-refractivity contribution in [2.24, 2.45) is 0 Å². The van der Waals surface area contributed by atoms with Gasteiger partial charge in [-0.05, 0) is 49.1 Å². The third-order valence-corrected chi connectivity index (χ3v) is 3.21. The lowest BCUT2D eigenvalue weighted by atomic mass is 10.00. The molecular weight excluding hydrogens is 222 g/mol. The van der Waals surface area contributed by atoms with E-state index in [2.05, 4.69) is 37.0 Å². The summed E-state index contributed by atoms with van der Waals surface area (Å²) in [5.74, 6) is 0. The molecule has 1 aromatic heterocycles. The van der Waals surface area contributed by atoms with E-state index >= 15 is 0 Å². The summed E-state index contributed by atoms with van der Waals surface area (Å²) in [5, 5.41) is 10.1. The third-order valence-electron chi connectivity index (χ3n) is 3.21. The zero-order valence-corrected chi connectivity index (χ0v) is 10.9. The molecule has 1 atom stereocenters. The van der Waals surface area contributed by atoms with E-state index in [4.69, 9.17) is 0 Å². The van der Waals surface area contributed by atoms with Gasteiger partial charge in [0.15, 0.2) is 0 Å². The lowest BCUT2D eigenvalue weighted by Crippen LogP contribution is -2.14. The second-order valence-corrected chi connectivity index (χ2v) is 4.80. The SMILES string of the molecule is Cc1ccc(CC(O)Cc2ccccn2)cc1C. The standard InChI is InChI=1S/C16H19NO/c1-12-6-7-14(9-13(12)2)10-16(18)11-15-5-3-4-8-17-15/h3-9,16,18H,10-11H2,1-2H3. The molecule has 2 heteroatoms. The lowest BCUT2D eigenvalue weighted by Gasteiger charge is -2.11. The van der Waals surface area contributed by atoms with Crippen LogP contribution in [0.4, 0.5) is 0 Å². The van der Waals surface area contributed by atoms with Crippen molar-refractivity contribution in [3.63, 3.8) is 0 Å². The highest BCUT2D eigenvalue weighted by atomic mass is 16.3. The Labute approximate surface area is 108 Å². The summed E-state index contributed by atoms with van der Waals surface area (Å²) in [7, 11) is 0. The summed E-state index contributed by atoms with van der Waals surface area (Å²) >= 11 is 0. The first-order valence-corrected chi connectivity index (χ1v) is 6.29. The summed E-state index contributed by atoms with van der Waals surface area (Å²) in [4.78, 5) is 4.23. The molecule has 0 amide bonds. The highest BCUT2D eigenvalue weighted by molar-refractivity contribution is 5.30. The molecule has 0 aliphatic carbocycles. The highest BCUT2D eigenvalue weighted by Crippen LogP contribution is 2.13. The largest absolute Gasteiger partial charge is 0.392 e. The van der Waals surface area contributed by atoms with Gasteiger partial charge in [0.2, 0.25) is 0 Å². The molecular formula is C16H19NO. The number of hydrogen-bond acceptors (Lipinski definition) is 2. The van der Waals surface area contributed by atoms with Gasteiger partial charge in [0.05, 0.1) is 6.10 Å². The first-order chi connectivity index (χ1) is 8.65. The van der Waals surface area contributed by atoms with Crippen LogP contribution in [0.25, 0.3) is 0 Å². The van der Waals surface area contributed by atoms with Crippen molar-refractivity contribution < 1.29 is 5.11 Å². The lowest BCUT2D eigenvalue weighted by molar-refractivity contribution is 0.174. The first kappa shape index (κ1) is 12.8. The van der Waals surface area contributed by atoms with Crippen molar-refractivity contribution in [2.45, 2.75) is 32.8 Å². The van der Waals surface area contributed by atoms with Gasteiger partial charge in [-0.25, -0.2) is 0 Å². The summed E-state index contributed by atoms with van der Waals surface area (Å²) in [6.45, 7) is 4.20. The Morgan fingerprint density at radius 2 is 1.89 bits per heavy atom. The van der Waals surface area contributed by atoms with E-state index in [0.717, 1.165) is 5.69 Å². The average Bonchev–Trinajstić information content (AvgIpc) is 2.35. The Kier molecular flexibility index (Phi) is 4.11. The Morgan fingerprint density at radius 1 is 1.06 bits per heavy atom. The molecule has 0 radical (unpaired) electrons. The molecule has 0 bridgehead atoms. The predicted octanol–water partition coefficient (Wildman–Crippen LogP) is 2.84. The van der Waals surface area contributed by atoms with Gasteiger partial charge in [0, 0.05) is 18.3 Å². The van der Waals surface area contributed by atoms with Crippen LogP contribution in [0.3, 0.4) is 0 Å². The number of aryl methyl sites for hydroxylation is 2. The molecule has 1 unspecified atom stereocenters. The maximum atomic E-state index is 10.1. The second kappa shape index (κ2) is 5.78. The van der Waals surface area contributed by atoms with Crippen molar-refractivity contribution >= 4 is 0 Å². The Morgan fingerprint density at radius 3 is 2.56 bits per heavy atom. The van der Waals surface area contributed by atoms with Crippen molar-refractivity contribution in [2.75, 3.05) is 0 Å². The van der Waals surface area contributed by atoms with Crippen molar-refractivity contribution in [3.05, 3.63) is 65.0 Å². The third kappa shape index (κ3) is 3.41. The maximum Gasteiger partial charge on any atom is 0.0635 e. The number of nitrogens with zero attached hydrogens (tertiary/aromatic N) is 1. The number of rotatable bonds is 4. The van der Waals surface area contributed by atoms with Crippen LogP contribution < -0.4 is 0 Å². The van der Waals surface area contributed by atoms with Crippen LogP contribution in [0, 0.1) is 13.8 Å². The van der Waals surface area contributed by atoms with Crippen molar-refractivity contribution in [3.8, 4) is 0 Å². The Balaban J connectivity index is 1.99. The minimum atomic E-state index is -0.373.